The zero-order chi connectivity index (χ0) is 29.7. The first-order valence-electron chi connectivity index (χ1n) is 12.5. The number of alkyl carbamates (subject to hydrolysis) is 3. The molecule has 0 bridgehead atoms. The molecule has 4 N–H and O–H groups in total. The number of hydrogen-bond acceptors (Lipinski definition) is 9. The molecule has 0 fully saturated rings. The van der Waals surface area contributed by atoms with E-state index < -0.39 is 47.8 Å². The molecule has 218 valence electrons. The number of terminal acetylenes is 2. The van der Waals surface area contributed by atoms with Crippen molar-refractivity contribution in [3.8, 4) is 24.7 Å². The summed E-state index contributed by atoms with van der Waals surface area (Å²) in [5.74, 6) is 3.10. The Morgan fingerprint density at radius 2 is 1.23 bits per heavy atom. The minimum Gasteiger partial charge on any atom is -0.467 e. The van der Waals surface area contributed by atoms with Gasteiger partial charge >= 0.3 is 24.2 Å². The van der Waals surface area contributed by atoms with Crippen LogP contribution in [0.5, 0.6) is 0 Å². The highest BCUT2D eigenvalue weighted by Gasteiger charge is 2.28. The molecule has 0 saturated heterocycles. The smallest absolute Gasteiger partial charge is 0.408 e. The number of methoxy groups -OCH3 is 1. The van der Waals surface area contributed by atoms with Gasteiger partial charge in [-0.05, 0) is 59.3 Å². The van der Waals surface area contributed by atoms with E-state index in [1.807, 2.05) is 0 Å². The average molecular weight is 553 g/mol. The van der Waals surface area contributed by atoms with Crippen LogP contribution in [0.2, 0.25) is 0 Å². The summed E-state index contributed by atoms with van der Waals surface area (Å²) >= 11 is 0. The third-order valence-electron chi connectivity index (χ3n) is 4.76. The third-order valence-corrected chi connectivity index (χ3v) is 4.76. The van der Waals surface area contributed by atoms with Crippen LogP contribution < -0.4 is 21.3 Å². The molecule has 0 radical (unpaired) electrons. The molecule has 0 aromatic carbocycles. The van der Waals surface area contributed by atoms with Crippen LogP contribution in [0.1, 0.15) is 59.3 Å². The zero-order valence-corrected chi connectivity index (χ0v) is 23.1. The molecule has 0 heterocycles. The first kappa shape index (κ1) is 34.9. The van der Waals surface area contributed by atoms with E-state index in [-0.39, 0.29) is 39.1 Å². The first-order valence-corrected chi connectivity index (χ1v) is 12.5. The van der Waals surface area contributed by atoms with E-state index in [2.05, 4.69) is 33.1 Å². The molecule has 13 heteroatoms. The van der Waals surface area contributed by atoms with Crippen LogP contribution in [-0.4, -0.2) is 81.3 Å². The molecule has 0 rings (SSSR count). The Labute approximate surface area is 229 Å². The predicted molar refractivity (Wildman–Crippen MR) is 141 cm³/mol. The van der Waals surface area contributed by atoms with Gasteiger partial charge in [-0.15, -0.1) is 12.8 Å². The van der Waals surface area contributed by atoms with Crippen molar-refractivity contribution >= 4 is 30.2 Å². The minimum absolute atomic E-state index is 0.143. The summed E-state index contributed by atoms with van der Waals surface area (Å²) < 4.78 is 19.5. The van der Waals surface area contributed by atoms with Crippen molar-refractivity contribution in [3.05, 3.63) is 0 Å². The molecule has 0 spiro atoms. The lowest BCUT2D eigenvalue weighted by molar-refractivity contribution is -0.145. The van der Waals surface area contributed by atoms with Gasteiger partial charge in [-0.2, -0.15) is 0 Å². The lowest BCUT2D eigenvalue weighted by atomic mass is 10.1. The van der Waals surface area contributed by atoms with Crippen LogP contribution >= 0.6 is 0 Å². The number of esters is 1. The fourth-order valence-corrected chi connectivity index (χ4v) is 3.03. The molecule has 0 aliphatic rings. The average Bonchev–Trinajstić information content (AvgIpc) is 2.87. The van der Waals surface area contributed by atoms with Crippen molar-refractivity contribution in [2.24, 2.45) is 0 Å². The predicted octanol–water partition coefficient (Wildman–Crippen LogP) is 1.60. The number of hydrogen-bond donors (Lipinski definition) is 4. The Hall–Kier alpha value is -4.13. The first-order chi connectivity index (χ1) is 18.4. The highest BCUT2D eigenvalue weighted by molar-refractivity contribution is 5.89. The normalized spacial score (nSPS) is 11.8. The van der Waals surface area contributed by atoms with Gasteiger partial charge in [-0.25, -0.2) is 19.2 Å². The van der Waals surface area contributed by atoms with Gasteiger partial charge in [0.25, 0.3) is 0 Å². The monoisotopic (exact) mass is 552 g/mol. The van der Waals surface area contributed by atoms with Crippen molar-refractivity contribution in [3.63, 3.8) is 0 Å². The molecule has 0 aliphatic heterocycles. The summed E-state index contributed by atoms with van der Waals surface area (Å²) in [6.07, 6.45) is 10.2. The van der Waals surface area contributed by atoms with Gasteiger partial charge in [0, 0.05) is 13.1 Å². The van der Waals surface area contributed by atoms with Crippen molar-refractivity contribution in [1.29, 1.82) is 0 Å². The maximum Gasteiger partial charge on any atom is 0.408 e. The van der Waals surface area contributed by atoms with Gasteiger partial charge < -0.3 is 40.2 Å². The molecular formula is C26H40N4O9. The third kappa shape index (κ3) is 18.7. The van der Waals surface area contributed by atoms with Crippen molar-refractivity contribution in [2.75, 3.05) is 33.4 Å². The lowest BCUT2D eigenvalue weighted by Crippen LogP contribution is -2.52. The standard InChI is InChI=1S/C26H40N4O9/c1-7-17-37-23(33)27-15-11-9-13-19(30-25(35)39-26(3,4)5)21(31)29-20(22(32)36-6)14-10-12-16-28-24(34)38-18-8-2/h1-2,19-20H,9-18H2,3-6H3,(H,27,33)(H,28,34)(H,29,31)(H,30,35)/t19-,20-/m0/s1. The van der Waals surface area contributed by atoms with Crippen molar-refractivity contribution in [1.82, 2.24) is 21.3 Å². The van der Waals surface area contributed by atoms with E-state index in [4.69, 9.17) is 31.8 Å². The molecule has 0 unspecified atom stereocenters. The van der Waals surface area contributed by atoms with Crippen LogP contribution in [0.15, 0.2) is 0 Å². The van der Waals surface area contributed by atoms with Gasteiger partial charge in [0.05, 0.1) is 7.11 Å². The van der Waals surface area contributed by atoms with E-state index in [0.29, 0.717) is 25.7 Å². The second-order valence-electron chi connectivity index (χ2n) is 9.19. The SMILES string of the molecule is C#CCOC(=O)NCCCC[C@H](NC(=O)OC(C)(C)C)C(=O)N[C@@H](CCCCNC(=O)OCC#C)C(=O)OC. The largest absolute Gasteiger partial charge is 0.467 e. The van der Waals surface area contributed by atoms with Crippen molar-refractivity contribution < 1.29 is 42.9 Å². The fraction of sp³-hybridized carbons (Fsp3) is 0.654. The van der Waals surface area contributed by atoms with Gasteiger partial charge in [0.15, 0.2) is 13.2 Å². The van der Waals surface area contributed by atoms with Gasteiger partial charge in [-0.1, -0.05) is 11.8 Å². The maximum absolute atomic E-state index is 13.1. The van der Waals surface area contributed by atoms with Crippen LogP contribution in [0, 0.1) is 24.7 Å². The number of amides is 4. The van der Waals surface area contributed by atoms with E-state index in [1.54, 1.807) is 20.8 Å². The Morgan fingerprint density at radius 1 is 0.744 bits per heavy atom. The Balaban J connectivity index is 5.00. The van der Waals surface area contributed by atoms with Crippen LogP contribution in [-0.2, 0) is 28.5 Å². The molecule has 13 nitrogen and oxygen atoms in total. The van der Waals surface area contributed by atoms with Crippen LogP contribution in [0.25, 0.3) is 0 Å². The summed E-state index contributed by atoms with van der Waals surface area (Å²) in [5.41, 5.74) is -0.788. The summed E-state index contributed by atoms with van der Waals surface area (Å²) in [7, 11) is 1.20. The number of carbonyl (C=O) groups excluding carboxylic acids is 5. The van der Waals surface area contributed by atoms with Gasteiger partial charge in [-0.3, -0.25) is 4.79 Å². The van der Waals surface area contributed by atoms with E-state index in [0.717, 1.165) is 0 Å². The second kappa shape index (κ2) is 19.9. The Bertz CT molecular complexity index is 887. The number of nitrogens with one attached hydrogen (secondary N) is 4. The topological polar surface area (TPSA) is 170 Å². The minimum atomic E-state index is -1.02. The number of rotatable bonds is 16. The molecule has 4 amide bonds. The second-order valence-corrected chi connectivity index (χ2v) is 9.19. The summed E-state index contributed by atoms with van der Waals surface area (Å²) in [4.78, 5) is 60.6. The van der Waals surface area contributed by atoms with E-state index in [1.165, 1.54) is 7.11 Å². The number of ether oxygens (including phenoxy) is 4. The molecule has 2 atom stereocenters. The van der Waals surface area contributed by atoms with Crippen molar-refractivity contribution in [2.45, 2.75) is 77.0 Å². The summed E-state index contributed by atoms with van der Waals surface area (Å²) in [5, 5.41) is 10.2. The quantitative estimate of drug-likeness (QED) is 0.0961. The summed E-state index contributed by atoms with van der Waals surface area (Å²) in [6.45, 7) is 5.30. The Kier molecular flexibility index (Phi) is 17.8. The number of unbranched alkanes of at least 4 members (excludes halogenated alkanes) is 2. The highest BCUT2D eigenvalue weighted by atomic mass is 16.6. The highest BCUT2D eigenvalue weighted by Crippen LogP contribution is 2.10. The molecule has 0 aromatic heterocycles. The Morgan fingerprint density at radius 3 is 1.67 bits per heavy atom. The number of carbonyl (C=O) groups is 5. The van der Waals surface area contributed by atoms with Crippen LogP contribution in [0.3, 0.4) is 0 Å². The molecule has 0 aromatic rings. The van der Waals surface area contributed by atoms with Gasteiger partial charge in [0.2, 0.25) is 5.91 Å². The fourth-order valence-electron chi connectivity index (χ4n) is 3.03. The molecule has 0 saturated carbocycles. The molecule has 39 heavy (non-hydrogen) atoms. The van der Waals surface area contributed by atoms with E-state index in [9.17, 15) is 24.0 Å². The van der Waals surface area contributed by atoms with Crippen LogP contribution in [0.4, 0.5) is 14.4 Å². The molecule has 0 aliphatic carbocycles. The lowest BCUT2D eigenvalue weighted by Gasteiger charge is -2.25. The summed E-state index contributed by atoms with van der Waals surface area (Å²) in [6, 6.07) is -2.00. The maximum atomic E-state index is 13.1. The molecular weight excluding hydrogens is 512 g/mol. The van der Waals surface area contributed by atoms with Gasteiger partial charge in [0.1, 0.15) is 17.7 Å². The zero-order valence-electron chi connectivity index (χ0n) is 23.1. The van der Waals surface area contributed by atoms with E-state index >= 15 is 0 Å².